The number of ether oxygens (including phenoxy) is 3. The minimum Gasteiger partial charge on any atom is -0.497 e. The first-order valence-corrected chi connectivity index (χ1v) is 8.29. The van der Waals surface area contributed by atoms with Crippen LogP contribution in [0.4, 0.5) is 0 Å². The lowest BCUT2D eigenvalue weighted by molar-refractivity contribution is 0.0949. The molecule has 6 nitrogen and oxygen atoms in total. The normalized spacial score (nSPS) is 11.2. The molecule has 0 aliphatic carbocycles. The zero-order chi connectivity index (χ0) is 19.1. The first-order chi connectivity index (χ1) is 12.5. The van der Waals surface area contributed by atoms with Gasteiger partial charge in [0.15, 0.2) is 0 Å². The predicted octanol–water partition coefficient (Wildman–Crippen LogP) is 3.65. The maximum atomic E-state index is 12.5. The summed E-state index contributed by atoms with van der Waals surface area (Å²) < 4.78 is 16.2. The van der Waals surface area contributed by atoms with E-state index in [1.807, 2.05) is 32.0 Å². The molecule has 0 aromatic heterocycles. The van der Waals surface area contributed by atoms with Gasteiger partial charge in [0.05, 0.1) is 31.6 Å². The number of hydrogen-bond acceptors (Lipinski definition) is 5. The summed E-state index contributed by atoms with van der Waals surface area (Å²) >= 11 is 0. The van der Waals surface area contributed by atoms with Crippen LogP contribution in [0.5, 0.6) is 17.2 Å². The minimum absolute atomic E-state index is 0.0299. The number of hydrogen-bond donors (Lipinski definition) is 1. The summed E-state index contributed by atoms with van der Waals surface area (Å²) in [5.41, 5.74) is 4.38. The summed E-state index contributed by atoms with van der Waals surface area (Å²) in [6.45, 7) is 5.61. The summed E-state index contributed by atoms with van der Waals surface area (Å²) in [5, 5.41) is 4.20. The van der Waals surface area contributed by atoms with Gasteiger partial charge in [0, 0.05) is 11.6 Å². The molecule has 0 aliphatic heterocycles. The number of nitrogens with one attached hydrogen (secondary N) is 1. The third kappa shape index (κ3) is 4.75. The van der Waals surface area contributed by atoms with Crippen LogP contribution in [0.25, 0.3) is 0 Å². The molecule has 0 unspecified atom stereocenters. The molecule has 6 heteroatoms. The van der Waals surface area contributed by atoms with Crippen molar-refractivity contribution in [1.82, 2.24) is 5.43 Å². The van der Waals surface area contributed by atoms with Crippen LogP contribution in [0.1, 0.15) is 36.7 Å². The first kappa shape index (κ1) is 19.3. The number of carbonyl (C=O) groups excluding carboxylic acids is 1. The molecule has 0 spiro atoms. The molecule has 26 heavy (non-hydrogen) atoms. The SMILES string of the molecule is COc1ccc(C(C)=NNC(=O)c2ccccc2OC(C)C)c(OC)c1. The van der Waals surface area contributed by atoms with Gasteiger partial charge >= 0.3 is 0 Å². The molecule has 0 fully saturated rings. The third-order valence-electron chi connectivity index (χ3n) is 3.62. The van der Waals surface area contributed by atoms with E-state index in [0.717, 1.165) is 5.56 Å². The summed E-state index contributed by atoms with van der Waals surface area (Å²) in [5.74, 6) is 1.48. The first-order valence-electron chi connectivity index (χ1n) is 8.29. The summed E-state index contributed by atoms with van der Waals surface area (Å²) in [7, 11) is 3.16. The number of amides is 1. The molecule has 1 N–H and O–H groups in total. The van der Waals surface area contributed by atoms with Gasteiger partial charge in [-0.15, -0.1) is 0 Å². The highest BCUT2D eigenvalue weighted by Gasteiger charge is 2.13. The van der Waals surface area contributed by atoms with Gasteiger partial charge < -0.3 is 14.2 Å². The minimum atomic E-state index is -0.340. The lowest BCUT2D eigenvalue weighted by atomic mass is 10.1. The molecular weight excluding hydrogens is 332 g/mol. The van der Waals surface area contributed by atoms with Crippen LogP contribution < -0.4 is 19.6 Å². The molecule has 0 aliphatic rings. The molecule has 2 rings (SSSR count). The lowest BCUT2D eigenvalue weighted by Gasteiger charge is -2.13. The van der Waals surface area contributed by atoms with Crippen molar-refractivity contribution in [3.8, 4) is 17.2 Å². The Balaban J connectivity index is 2.20. The van der Waals surface area contributed by atoms with E-state index in [0.29, 0.717) is 28.5 Å². The highest BCUT2D eigenvalue weighted by molar-refractivity contribution is 6.03. The molecule has 0 saturated carbocycles. The standard InChI is InChI=1S/C20H24N2O4/c1-13(2)26-18-9-7-6-8-17(18)20(23)22-21-14(3)16-11-10-15(24-4)12-19(16)25-5/h6-13H,1-5H3,(H,22,23). The van der Waals surface area contributed by atoms with E-state index in [2.05, 4.69) is 10.5 Å². The van der Waals surface area contributed by atoms with Gasteiger partial charge in [-0.3, -0.25) is 4.79 Å². The molecule has 0 saturated heterocycles. The van der Waals surface area contributed by atoms with Crippen LogP contribution in [0.2, 0.25) is 0 Å². The second-order valence-corrected chi connectivity index (χ2v) is 5.87. The van der Waals surface area contributed by atoms with Crippen molar-refractivity contribution in [1.29, 1.82) is 0 Å². The molecule has 0 radical (unpaired) electrons. The molecule has 0 heterocycles. The topological polar surface area (TPSA) is 69.2 Å². The van der Waals surface area contributed by atoms with Crippen LogP contribution in [0.15, 0.2) is 47.6 Å². The Morgan fingerprint density at radius 1 is 1.00 bits per heavy atom. The van der Waals surface area contributed by atoms with Crippen molar-refractivity contribution in [2.24, 2.45) is 5.10 Å². The van der Waals surface area contributed by atoms with E-state index in [-0.39, 0.29) is 12.0 Å². The van der Waals surface area contributed by atoms with Crippen LogP contribution in [-0.4, -0.2) is 31.9 Å². The maximum absolute atomic E-state index is 12.5. The lowest BCUT2D eigenvalue weighted by Crippen LogP contribution is -2.21. The fourth-order valence-corrected chi connectivity index (χ4v) is 2.36. The number of carbonyl (C=O) groups is 1. The second kappa shape index (κ2) is 8.89. The monoisotopic (exact) mass is 356 g/mol. The van der Waals surface area contributed by atoms with E-state index >= 15 is 0 Å². The highest BCUT2D eigenvalue weighted by atomic mass is 16.5. The Hall–Kier alpha value is -3.02. The van der Waals surface area contributed by atoms with E-state index < -0.39 is 0 Å². The summed E-state index contributed by atoms with van der Waals surface area (Å²) in [6.07, 6.45) is -0.0299. The summed E-state index contributed by atoms with van der Waals surface area (Å²) in [4.78, 5) is 12.5. The Labute approximate surface area is 153 Å². The van der Waals surface area contributed by atoms with Crippen molar-refractivity contribution in [2.45, 2.75) is 26.9 Å². The third-order valence-corrected chi connectivity index (χ3v) is 3.62. The average molecular weight is 356 g/mol. The zero-order valence-electron chi connectivity index (χ0n) is 15.7. The van der Waals surface area contributed by atoms with Gasteiger partial charge in [0.25, 0.3) is 5.91 Å². The molecule has 0 bridgehead atoms. The Bertz CT molecular complexity index is 800. The maximum Gasteiger partial charge on any atom is 0.275 e. The van der Waals surface area contributed by atoms with Crippen LogP contribution in [-0.2, 0) is 0 Å². The van der Waals surface area contributed by atoms with Crippen molar-refractivity contribution < 1.29 is 19.0 Å². The van der Waals surface area contributed by atoms with Crippen molar-refractivity contribution in [3.63, 3.8) is 0 Å². The number of para-hydroxylation sites is 1. The molecule has 2 aromatic rings. The Morgan fingerprint density at radius 3 is 2.38 bits per heavy atom. The van der Waals surface area contributed by atoms with Crippen molar-refractivity contribution in [3.05, 3.63) is 53.6 Å². The second-order valence-electron chi connectivity index (χ2n) is 5.87. The van der Waals surface area contributed by atoms with Crippen molar-refractivity contribution in [2.75, 3.05) is 14.2 Å². The van der Waals surface area contributed by atoms with Gasteiger partial charge in [-0.05, 0) is 45.0 Å². The Morgan fingerprint density at radius 2 is 1.73 bits per heavy atom. The predicted molar refractivity (Wildman–Crippen MR) is 101 cm³/mol. The van der Waals surface area contributed by atoms with E-state index in [1.54, 1.807) is 45.4 Å². The highest BCUT2D eigenvalue weighted by Crippen LogP contribution is 2.25. The summed E-state index contributed by atoms with van der Waals surface area (Å²) in [6, 6.07) is 12.5. The van der Waals surface area contributed by atoms with E-state index in [1.165, 1.54) is 0 Å². The van der Waals surface area contributed by atoms with Gasteiger partial charge in [-0.1, -0.05) is 12.1 Å². The number of nitrogens with zero attached hydrogens (tertiary/aromatic N) is 1. The number of benzene rings is 2. The quantitative estimate of drug-likeness (QED) is 0.607. The largest absolute Gasteiger partial charge is 0.497 e. The Kier molecular flexibility index (Phi) is 6.60. The van der Waals surface area contributed by atoms with Gasteiger partial charge in [0.2, 0.25) is 0 Å². The number of rotatable bonds is 7. The van der Waals surface area contributed by atoms with Gasteiger partial charge in [-0.25, -0.2) is 5.43 Å². The zero-order valence-corrected chi connectivity index (χ0v) is 15.7. The van der Waals surface area contributed by atoms with Crippen molar-refractivity contribution >= 4 is 11.6 Å². The molecule has 1 amide bonds. The molecule has 0 atom stereocenters. The number of hydrazone groups is 1. The smallest absolute Gasteiger partial charge is 0.275 e. The van der Waals surface area contributed by atoms with E-state index in [9.17, 15) is 4.79 Å². The van der Waals surface area contributed by atoms with Crippen LogP contribution in [0.3, 0.4) is 0 Å². The van der Waals surface area contributed by atoms with Gasteiger partial charge in [-0.2, -0.15) is 5.10 Å². The fraction of sp³-hybridized carbons (Fsp3) is 0.300. The van der Waals surface area contributed by atoms with Crippen LogP contribution >= 0.6 is 0 Å². The van der Waals surface area contributed by atoms with Crippen LogP contribution in [0, 0.1) is 0 Å². The van der Waals surface area contributed by atoms with E-state index in [4.69, 9.17) is 14.2 Å². The molecular formula is C20H24N2O4. The fourth-order valence-electron chi connectivity index (χ4n) is 2.36. The number of methoxy groups -OCH3 is 2. The average Bonchev–Trinajstić information content (AvgIpc) is 2.65. The molecule has 2 aromatic carbocycles. The molecule has 138 valence electrons. The van der Waals surface area contributed by atoms with Gasteiger partial charge in [0.1, 0.15) is 17.2 Å².